The van der Waals surface area contributed by atoms with Gasteiger partial charge >= 0.3 is 0 Å². The molecule has 0 spiro atoms. The average molecular weight is 286 g/mol. The lowest BCUT2D eigenvalue weighted by molar-refractivity contribution is 0.605. The van der Waals surface area contributed by atoms with Crippen molar-refractivity contribution in [2.45, 2.75) is 58.8 Å². The van der Waals surface area contributed by atoms with Gasteiger partial charge in [-0.05, 0) is 25.8 Å². The Hall–Kier alpha value is -1.44. The topological polar surface area (TPSA) is 19.0 Å². The molecule has 1 aromatic heterocycles. The summed E-state index contributed by atoms with van der Waals surface area (Å²) in [4.78, 5) is 6.01. The molecule has 0 aliphatic rings. The molecular formula is C19H30N2. The first-order valence-electron chi connectivity index (χ1n) is 8.58. The van der Waals surface area contributed by atoms with E-state index in [1.165, 1.54) is 67.2 Å². The minimum absolute atomic E-state index is 1.05. The summed E-state index contributed by atoms with van der Waals surface area (Å²) in [6.07, 6.45) is 9.30. The maximum Gasteiger partial charge on any atom is 0.0654 e. The monoisotopic (exact) mass is 286 g/mol. The first kappa shape index (κ1) is 15.9. The number of hydrogen-bond acceptors (Lipinski definition) is 1. The van der Waals surface area contributed by atoms with E-state index in [-0.39, 0.29) is 0 Å². The summed E-state index contributed by atoms with van der Waals surface area (Å²) in [6.45, 7) is 5.54. The Labute approximate surface area is 129 Å². The van der Waals surface area contributed by atoms with E-state index in [4.69, 9.17) is 0 Å². The van der Waals surface area contributed by atoms with Gasteiger partial charge in [0.05, 0.1) is 5.69 Å². The number of nitrogens with zero attached hydrogens (tertiary/aromatic N) is 1. The number of nitrogens with one attached hydrogen (secondary N) is 1. The first-order valence-corrected chi connectivity index (χ1v) is 8.58. The van der Waals surface area contributed by atoms with Crippen molar-refractivity contribution in [3.05, 3.63) is 30.0 Å². The molecule has 0 aliphatic carbocycles. The molecule has 1 heterocycles. The summed E-state index contributed by atoms with van der Waals surface area (Å²) < 4.78 is 0. The third-order valence-corrected chi connectivity index (χ3v) is 4.39. The van der Waals surface area contributed by atoms with E-state index < -0.39 is 0 Å². The molecule has 0 unspecified atom stereocenters. The van der Waals surface area contributed by atoms with Gasteiger partial charge in [-0.1, -0.05) is 57.2 Å². The minimum Gasteiger partial charge on any atom is -0.373 e. The fraction of sp³-hybridized carbons (Fsp3) is 0.579. The highest BCUT2D eigenvalue weighted by Gasteiger charge is 2.13. The van der Waals surface area contributed by atoms with Crippen molar-refractivity contribution in [2.24, 2.45) is 0 Å². The lowest BCUT2D eigenvalue weighted by atomic mass is 10.1. The zero-order valence-corrected chi connectivity index (χ0v) is 13.9. The van der Waals surface area contributed by atoms with Crippen molar-refractivity contribution in [1.29, 1.82) is 0 Å². The standard InChI is InChI=1S/C19H30N2/c1-4-6-7-8-9-10-15-18-19(21(3)5-2)16-13-11-12-14-17(16)20-18/h11-14,20H,4-10,15H2,1-3H3. The molecule has 1 aromatic carbocycles. The van der Waals surface area contributed by atoms with Crippen LogP contribution >= 0.6 is 0 Å². The number of aromatic nitrogens is 1. The number of anilines is 1. The molecular weight excluding hydrogens is 256 g/mol. The summed E-state index contributed by atoms with van der Waals surface area (Å²) in [5, 5.41) is 1.36. The first-order chi connectivity index (χ1) is 10.3. The Morgan fingerprint density at radius 3 is 2.43 bits per heavy atom. The number of rotatable bonds is 9. The van der Waals surface area contributed by atoms with Crippen molar-refractivity contribution in [2.75, 3.05) is 18.5 Å². The number of aryl methyl sites for hydroxylation is 1. The molecule has 2 nitrogen and oxygen atoms in total. The average Bonchev–Trinajstić information content (AvgIpc) is 2.88. The quantitative estimate of drug-likeness (QED) is 0.601. The van der Waals surface area contributed by atoms with Gasteiger partial charge in [0.2, 0.25) is 0 Å². The van der Waals surface area contributed by atoms with Crippen LogP contribution in [-0.2, 0) is 6.42 Å². The van der Waals surface area contributed by atoms with E-state index in [0.717, 1.165) is 6.54 Å². The summed E-state index contributed by atoms with van der Waals surface area (Å²) in [5.41, 5.74) is 4.09. The number of hydrogen-bond donors (Lipinski definition) is 1. The Kier molecular flexibility index (Phi) is 6.16. The predicted octanol–water partition coefficient (Wildman–Crippen LogP) is 5.53. The number of fused-ring (bicyclic) bond motifs is 1. The molecule has 1 N–H and O–H groups in total. The van der Waals surface area contributed by atoms with E-state index in [2.05, 4.69) is 55.0 Å². The van der Waals surface area contributed by atoms with Crippen LogP contribution in [0.25, 0.3) is 10.9 Å². The van der Waals surface area contributed by atoms with Crippen molar-refractivity contribution in [3.8, 4) is 0 Å². The van der Waals surface area contributed by atoms with E-state index in [0.29, 0.717) is 0 Å². The van der Waals surface area contributed by atoms with Crippen LogP contribution in [0.5, 0.6) is 0 Å². The molecule has 0 amide bonds. The summed E-state index contributed by atoms with van der Waals surface area (Å²) in [6, 6.07) is 8.67. The van der Waals surface area contributed by atoms with Crippen molar-refractivity contribution >= 4 is 16.6 Å². The van der Waals surface area contributed by atoms with Gasteiger partial charge in [0.1, 0.15) is 0 Å². The number of para-hydroxylation sites is 1. The maximum atomic E-state index is 3.64. The van der Waals surface area contributed by atoms with Gasteiger partial charge in [0, 0.05) is 30.2 Å². The van der Waals surface area contributed by atoms with Gasteiger partial charge < -0.3 is 9.88 Å². The van der Waals surface area contributed by atoms with E-state index >= 15 is 0 Å². The second kappa shape index (κ2) is 8.11. The van der Waals surface area contributed by atoms with Gasteiger partial charge in [-0.3, -0.25) is 0 Å². The van der Waals surface area contributed by atoms with Crippen LogP contribution in [0.3, 0.4) is 0 Å². The Morgan fingerprint density at radius 1 is 0.952 bits per heavy atom. The Balaban J connectivity index is 2.04. The molecule has 2 rings (SSSR count). The van der Waals surface area contributed by atoms with E-state index in [1.54, 1.807) is 0 Å². The Morgan fingerprint density at radius 2 is 1.67 bits per heavy atom. The highest BCUT2D eigenvalue weighted by Crippen LogP contribution is 2.31. The largest absolute Gasteiger partial charge is 0.373 e. The molecule has 21 heavy (non-hydrogen) atoms. The van der Waals surface area contributed by atoms with Crippen LogP contribution in [0, 0.1) is 0 Å². The van der Waals surface area contributed by atoms with Crippen LogP contribution in [0.1, 0.15) is 58.1 Å². The van der Waals surface area contributed by atoms with Gasteiger partial charge in [0.25, 0.3) is 0 Å². The second-order valence-corrected chi connectivity index (χ2v) is 6.03. The van der Waals surface area contributed by atoms with Crippen molar-refractivity contribution in [3.63, 3.8) is 0 Å². The normalized spacial score (nSPS) is 11.2. The van der Waals surface area contributed by atoms with Gasteiger partial charge in [-0.2, -0.15) is 0 Å². The molecule has 116 valence electrons. The van der Waals surface area contributed by atoms with Crippen LogP contribution in [0.2, 0.25) is 0 Å². The molecule has 0 bridgehead atoms. The molecule has 0 radical (unpaired) electrons. The van der Waals surface area contributed by atoms with Gasteiger partial charge in [-0.25, -0.2) is 0 Å². The number of aromatic amines is 1. The lowest BCUT2D eigenvalue weighted by Crippen LogP contribution is -2.17. The zero-order valence-electron chi connectivity index (χ0n) is 13.9. The molecule has 2 aromatic rings. The predicted molar refractivity (Wildman–Crippen MR) is 94.3 cm³/mol. The lowest BCUT2D eigenvalue weighted by Gasteiger charge is -2.18. The van der Waals surface area contributed by atoms with Crippen molar-refractivity contribution < 1.29 is 0 Å². The van der Waals surface area contributed by atoms with Crippen LogP contribution in [0.15, 0.2) is 24.3 Å². The third-order valence-electron chi connectivity index (χ3n) is 4.39. The van der Waals surface area contributed by atoms with Crippen LogP contribution < -0.4 is 4.90 Å². The molecule has 0 saturated carbocycles. The van der Waals surface area contributed by atoms with Crippen LogP contribution in [-0.4, -0.2) is 18.6 Å². The third kappa shape index (κ3) is 4.03. The van der Waals surface area contributed by atoms with E-state index in [1.807, 2.05) is 0 Å². The number of H-pyrrole nitrogens is 1. The van der Waals surface area contributed by atoms with E-state index in [9.17, 15) is 0 Å². The molecule has 0 saturated heterocycles. The zero-order chi connectivity index (χ0) is 15.1. The fourth-order valence-electron chi connectivity index (χ4n) is 3.04. The molecule has 0 fully saturated rings. The molecule has 0 atom stereocenters. The minimum atomic E-state index is 1.05. The van der Waals surface area contributed by atoms with Crippen molar-refractivity contribution in [1.82, 2.24) is 4.98 Å². The summed E-state index contributed by atoms with van der Waals surface area (Å²) >= 11 is 0. The summed E-state index contributed by atoms with van der Waals surface area (Å²) in [7, 11) is 2.19. The number of benzene rings is 1. The van der Waals surface area contributed by atoms with Gasteiger partial charge in [0.15, 0.2) is 0 Å². The van der Waals surface area contributed by atoms with Crippen LogP contribution in [0.4, 0.5) is 5.69 Å². The fourth-order valence-corrected chi connectivity index (χ4v) is 3.04. The maximum absolute atomic E-state index is 3.64. The highest BCUT2D eigenvalue weighted by atomic mass is 15.1. The number of unbranched alkanes of at least 4 members (excludes halogenated alkanes) is 5. The molecule has 2 heteroatoms. The highest BCUT2D eigenvalue weighted by molar-refractivity contribution is 5.94. The smallest absolute Gasteiger partial charge is 0.0654 e. The molecule has 0 aliphatic heterocycles. The second-order valence-electron chi connectivity index (χ2n) is 6.03. The SMILES string of the molecule is CCCCCCCCc1[nH]c2ccccc2c1N(C)CC. The van der Waals surface area contributed by atoms with Gasteiger partial charge in [-0.15, -0.1) is 0 Å². The Bertz CT molecular complexity index is 541. The summed E-state index contributed by atoms with van der Waals surface area (Å²) in [5.74, 6) is 0.